The zero-order valence-corrected chi connectivity index (χ0v) is 18.5. The number of fused-ring (bicyclic) bond motifs is 1. The van der Waals surface area contributed by atoms with Gasteiger partial charge in [0.15, 0.2) is 0 Å². The van der Waals surface area contributed by atoms with Gasteiger partial charge in [-0.1, -0.05) is 55.7 Å². The Morgan fingerprint density at radius 2 is 1.78 bits per heavy atom. The van der Waals surface area contributed by atoms with Crippen molar-refractivity contribution in [3.63, 3.8) is 0 Å². The first kappa shape index (κ1) is 23.3. The molecule has 4 rings (SSSR count). The second kappa shape index (κ2) is 10.8. The zero-order chi connectivity index (χ0) is 23.1. The molecule has 168 valence electrons. The van der Waals surface area contributed by atoms with Crippen LogP contribution in [0.3, 0.4) is 0 Å². The highest BCUT2D eigenvalue weighted by Gasteiger charge is 2.24. The number of benzene rings is 2. The van der Waals surface area contributed by atoms with E-state index < -0.39 is 0 Å². The van der Waals surface area contributed by atoms with Gasteiger partial charge in [0.1, 0.15) is 5.58 Å². The largest absolute Gasteiger partial charge is 0.483 e. The van der Waals surface area contributed by atoms with E-state index in [9.17, 15) is 9.59 Å². The molecule has 6 nitrogen and oxygen atoms in total. The number of nitrogens with zero attached hydrogens (tertiary/aromatic N) is 1. The lowest BCUT2D eigenvalue weighted by atomic mass is 9.88. The molecule has 0 bridgehead atoms. The minimum atomic E-state index is -0.362. The summed E-state index contributed by atoms with van der Waals surface area (Å²) in [6.07, 6.45) is 5.52. The summed E-state index contributed by atoms with van der Waals surface area (Å²) in [6.45, 7) is 2.31. The van der Waals surface area contributed by atoms with E-state index >= 15 is 0 Å². The van der Waals surface area contributed by atoms with Gasteiger partial charge in [0.25, 0.3) is 6.47 Å². The molecule has 1 amide bonds. The van der Waals surface area contributed by atoms with Crippen molar-refractivity contribution in [2.45, 2.75) is 45.6 Å². The number of carboxylic acid groups (broad SMARTS) is 1. The Labute approximate surface area is 187 Å². The van der Waals surface area contributed by atoms with Gasteiger partial charge in [0.2, 0.25) is 5.91 Å². The van der Waals surface area contributed by atoms with Crippen LogP contribution in [0.15, 0.2) is 57.7 Å². The summed E-state index contributed by atoms with van der Waals surface area (Å²) in [7, 11) is 1.86. The van der Waals surface area contributed by atoms with E-state index in [4.69, 9.17) is 14.3 Å². The molecule has 1 fully saturated rings. The van der Waals surface area contributed by atoms with E-state index in [1.807, 2.05) is 56.4 Å². The average Bonchev–Trinajstić information content (AvgIpc) is 2.79. The second-order valence-corrected chi connectivity index (χ2v) is 8.26. The van der Waals surface area contributed by atoms with Crippen molar-refractivity contribution in [2.24, 2.45) is 5.92 Å². The van der Waals surface area contributed by atoms with Crippen LogP contribution in [0.2, 0.25) is 0 Å². The van der Waals surface area contributed by atoms with Crippen LogP contribution in [0.25, 0.3) is 22.1 Å². The predicted molar refractivity (Wildman–Crippen MR) is 124 cm³/mol. The van der Waals surface area contributed by atoms with Crippen molar-refractivity contribution in [1.29, 1.82) is 0 Å². The number of aryl methyl sites for hydroxylation is 1. The topological polar surface area (TPSA) is 87.8 Å². The Morgan fingerprint density at radius 1 is 1.09 bits per heavy atom. The number of hydrogen-bond donors (Lipinski definition) is 1. The van der Waals surface area contributed by atoms with Crippen molar-refractivity contribution >= 4 is 23.3 Å². The van der Waals surface area contributed by atoms with Crippen molar-refractivity contribution < 1.29 is 19.1 Å². The minimum Gasteiger partial charge on any atom is -0.483 e. The Morgan fingerprint density at radius 3 is 2.47 bits per heavy atom. The highest BCUT2D eigenvalue weighted by molar-refractivity contribution is 5.94. The van der Waals surface area contributed by atoms with Crippen molar-refractivity contribution in [3.8, 4) is 11.1 Å². The monoisotopic (exact) mass is 435 g/mol. The van der Waals surface area contributed by atoms with Crippen molar-refractivity contribution in [2.75, 3.05) is 7.05 Å². The molecule has 1 aromatic heterocycles. The van der Waals surface area contributed by atoms with Crippen molar-refractivity contribution in [3.05, 3.63) is 70.1 Å². The van der Waals surface area contributed by atoms with Crippen LogP contribution in [0.1, 0.15) is 43.2 Å². The van der Waals surface area contributed by atoms with Gasteiger partial charge in [-0.05, 0) is 42.5 Å². The molecule has 1 aliphatic carbocycles. The van der Waals surface area contributed by atoms with Gasteiger partial charge in [-0.2, -0.15) is 0 Å². The summed E-state index contributed by atoms with van der Waals surface area (Å²) in [5, 5.41) is 7.80. The molecule has 0 atom stereocenters. The quantitative estimate of drug-likeness (QED) is 0.460. The molecule has 6 heteroatoms. The van der Waals surface area contributed by atoms with Crippen LogP contribution in [-0.4, -0.2) is 29.4 Å². The average molecular weight is 436 g/mol. The van der Waals surface area contributed by atoms with Gasteiger partial charge in [0.05, 0.1) is 0 Å². The number of amides is 1. The van der Waals surface area contributed by atoms with Gasteiger partial charge >= 0.3 is 5.63 Å². The van der Waals surface area contributed by atoms with E-state index in [1.165, 1.54) is 6.42 Å². The molecular weight excluding hydrogens is 406 g/mol. The highest BCUT2D eigenvalue weighted by Crippen LogP contribution is 2.30. The van der Waals surface area contributed by atoms with Gasteiger partial charge < -0.3 is 14.4 Å². The lowest BCUT2D eigenvalue weighted by molar-refractivity contribution is -0.135. The first-order chi connectivity index (χ1) is 15.4. The van der Waals surface area contributed by atoms with Crippen LogP contribution in [-0.2, 0) is 16.1 Å². The van der Waals surface area contributed by atoms with Gasteiger partial charge in [-0.3, -0.25) is 9.59 Å². The summed E-state index contributed by atoms with van der Waals surface area (Å²) in [5.41, 5.74) is 4.19. The van der Waals surface area contributed by atoms with Crippen LogP contribution in [0.5, 0.6) is 0 Å². The Balaban J connectivity index is 0.000000913. The van der Waals surface area contributed by atoms with E-state index in [-0.39, 0.29) is 23.9 Å². The van der Waals surface area contributed by atoms with Gasteiger partial charge in [0, 0.05) is 36.5 Å². The van der Waals surface area contributed by atoms with Crippen LogP contribution >= 0.6 is 0 Å². The lowest BCUT2D eigenvalue weighted by Crippen LogP contribution is -2.33. The molecule has 1 aliphatic rings. The number of rotatable bonds is 4. The maximum Gasteiger partial charge on any atom is 0.336 e. The maximum absolute atomic E-state index is 12.7. The SMILES string of the molecule is Cc1ccccc1-c1cc(=O)oc2cc(CN(C)C(=O)C3CCCCC3)ccc12.O=CO. The lowest BCUT2D eigenvalue weighted by Gasteiger charge is -2.26. The van der Waals surface area contributed by atoms with Crippen LogP contribution < -0.4 is 5.63 Å². The summed E-state index contributed by atoms with van der Waals surface area (Å²) in [4.78, 5) is 35.1. The third-order valence-corrected chi connectivity index (χ3v) is 5.99. The molecule has 1 heterocycles. The summed E-state index contributed by atoms with van der Waals surface area (Å²) in [6, 6.07) is 15.5. The second-order valence-electron chi connectivity index (χ2n) is 8.26. The fourth-order valence-electron chi connectivity index (χ4n) is 4.42. The predicted octanol–water partition coefficient (Wildman–Crippen LogP) is 5.01. The summed E-state index contributed by atoms with van der Waals surface area (Å²) < 4.78 is 5.50. The summed E-state index contributed by atoms with van der Waals surface area (Å²) in [5.74, 6) is 0.375. The molecule has 2 aromatic carbocycles. The third-order valence-electron chi connectivity index (χ3n) is 5.99. The molecular formula is C26H29NO5. The van der Waals surface area contributed by atoms with Gasteiger partial charge in [-0.25, -0.2) is 4.79 Å². The van der Waals surface area contributed by atoms with Crippen LogP contribution in [0, 0.1) is 12.8 Å². The number of hydrogen-bond acceptors (Lipinski definition) is 4. The van der Waals surface area contributed by atoms with Crippen LogP contribution in [0.4, 0.5) is 0 Å². The first-order valence-corrected chi connectivity index (χ1v) is 10.9. The smallest absolute Gasteiger partial charge is 0.336 e. The van der Waals surface area contributed by atoms with Gasteiger partial charge in [-0.15, -0.1) is 0 Å². The Hall–Kier alpha value is -3.41. The molecule has 1 N–H and O–H groups in total. The fourth-order valence-corrected chi connectivity index (χ4v) is 4.42. The third kappa shape index (κ3) is 5.44. The number of carbonyl (C=O) groups excluding carboxylic acids is 1. The van der Waals surface area contributed by atoms with Crippen molar-refractivity contribution in [1.82, 2.24) is 4.90 Å². The Bertz CT molecular complexity index is 1140. The maximum atomic E-state index is 12.7. The summed E-state index contributed by atoms with van der Waals surface area (Å²) >= 11 is 0. The first-order valence-electron chi connectivity index (χ1n) is 10.9. The highest BCUT2D eigenvalue weighted by atomic mass is 16.4. The van der Waals surface area contributed by atoms with E-state index in [1.54, 1.807) is 11.0 Å². The molecule has 32 heavy (non-hydrogen) atoms. The normalized spacial score (nSPS) is 13.8. The molecule has 0 radical (unpaired) electrons. The van der Waals surface area contributed by atoms with E-state index in [0.29, 0.717) is 12.1 Å². The number of carbonyl (C=O) groups is 2. The fraction of sp³-hybridized carbons (Fsp3) is 0.346. The minimum absolute atomic E-state index is 0.153. The van der Waals surface area contributed by atoms with E-state index in [0.717, 1.165) is 53.3 Å². The molecule has 3 aromatic rings. The molecule has 0 saturated heterocycles. The molecule has 0 spiro atoms. The standard InChI is InChI=1S/C25H27NO3.CH2O2/c1-17-8-6-7-11-20(17)22-15-24(27)29-23-14-18(12-13-21(22)23)16-26(2)25(28)19-9-4-3-5-10-19;2-1-3/h6-8,11-15,19H,3-5,9-10,16H2,1-2H3;1H,(H,2,3). The Kier molecular flexibility index (Phi) is 7.82. The molecule has 1 saturated carbocycles. The molecule has 0 aliphatic heterocycles. The zero-order valence-electron chi connectivity index (χ0n) is 18.5. The molecule has 0 unspecified atom stereocenters. The van der Waals surface area contributed by atoms with E-state index in [2.05, 4.69) is 0 Å².